The van der Waals surface area contributed by atoms with E-state index in [9.17, 15) is 4.79 Å². The molecule has 0 aromatic rings. The SMILES string of the molecule is C/C(=C\C(=O)O)CCC[C@H](C)CCC[C@H](C)CCCC(C)C.[H-].[H-].[Mg+2].[Zn]. The van der Waals surface area contributed by atoms with Crippen molar-refractivity contribution in [1.29, 1.82) is 0 Å². The Kier molecular flexibility index (Phi) is 22.5. The van der Waals surface area contributed by atoms with Crippen LogP contribution in [0.2, 0.25) is 0 Å². The molecule has 0 aromatic carbocycles. The minimum atomic E-state index is -0.822. The quantitative estimate of drug-likeness (QED) is 0.290. The van der Waals surface area contributed by atoms with Gasteiger partial charge in [-0.3, -0.25) is 0 Å². The Morgan fingerprint density at radius 2 is 1.33 bits per heavy atom. The summed E-state index contributed by atoms with van der Waals surface area (Å²) in [7, 11) is 0. The van der Waals surface area contributed by atoms with Gasteiger partial charge < -0.3 is 7.96 Å². The van der Waals surface area contributed by atoms with Crippen LogP contribution in [-0.4, -0.2) is 34.1 Å². The van der Waals surface area contributed by atoms with E-state index in [0.29, 0.717) is 0 Å². The summed E-state index contributed by atoms with van der Waals surface area (Å²) in [5.41, 5.74) is 0.985. The number of carboxylic acids is 1. The Morgan fingerprint density at radius 3 is 1.75 bits per heavy atom. The smallest absolute Gasteiger partial charge is 1.00 e. The standard InChI is InChI=1S/C20H38O2.Mg.Zn.2H/c1-16(2)9-6-10-17(3)11-7-12-18(4)13-8-14-19(5)15-20(21)22;;;;/h15-18H,6-14H2,1-5H3,(H,21,22);;;;/q;+2;;2*-1/b19-15+;;;;/t17-,18-;;;;/m1..../s1. The Bertz CT molecular complexity index is 340. The maximum atomic E-state index is 10.5. The van der Waals surface area contributed by atoms with E-state index in [0.717, 1.165) is 36.2 Å². The molecule has 136 valence electrons. The monoisotopic (exact) mass is 400 g/mol. The van der Waals surface area contributed by atoms with Crippen LogP contribution in [0.5, 0.6) is 0 Å². The molecule has 0 bridgehead atoms. The molecule has 0 aliphatic heterocycles. The number of hydrogen-bond donors (Lipinski definition) is 1. The van der Waals surface area contributed by atoms with Crippen LogP contribution < -0.4 is 0 Å². The van der Waals surface area contributed by atoms with Gasteiger partial charge in [0.1, 0.15) is 0 Å². The molecule has 4 heteroatoms. The number of aliphatic carboxylic acids is 1. The number of carboxylic acid groups (broad SMARTS) is 1. The summed E-state index contributed by atoms with van der Waals surface area (Å²) >= 11 is 0. The Hall–Kier alpha value is 0.600. The third kappa shape index (κ3) is 20.6. The molecule has 0 heterocycles. The third-order valence-corrected chi connectivity index (χ3v) is 4.51. The minimum absolute atomic E-state index is 0. The summed E-state index contributed by atoms with van der Waals surface area (Å²) < 4.78 is 0. The maximum absolute atomic E-state index is 10.5. The van der Waals surface area contributed by atoms with Gasteiger partial charge >= 0.3 is 29.0 Å². The summed E-state index contributed by atoms with van der Waals surface area (Å²) in [6.07, 6.45) is 12.7. The van der Waals surface area contributed by atoms with Crippen molar-refractivity contribution < 1.29 is 32.2 Å². The second-order valence-electron chi connectivity index (χ2n) is 7.69. The molecular formula is C20H40MgO2Zn. The number of carbonyl (C=O) groups is 1. The maximum Gasteiger partial charge on any atom is 2.00 e. The van der Waals surface area contributed by atoms with E-state index in [-0.39, 0.29) is 45.4 Å². The van der Waals surface area contributed by atoms with E-state index in [1.165, 1.54) is 51.0 Å². The van der Waals surface area contributed by atoms with Crippen LogP contribution in [0.15, 0.2) is 11.6 Å². The first kappa shape index (κ1) is 29.4. The first-order chi connectivity index (χ1) is 10.3. The fraction of sp³-hybridized carbons (Fsp3) is 0.850. The second kappa shape index (κ2) is 18.4. The van der Waals surface area contributed by atoms with E-state index in [4.69, 9.17) is 5.11 Å². The third-order valence-electron chi connectivity index (χ3n) is 4.51. The molecule has 0 spiro atoms. The molecule has 0 saturated carbocycles. The summed E-state index contributed by atoms with van der Waals surface area (Å²) in [5.74, 6) is 1.65. The van der Waals surface area contributed by atoms with Gasteiger partial charge in [-0.2, -0.15) is 0 Å². The fourth-order valence-corrected chi connectivity index (χ4v) is 2.99. The Balaban J connectivity index is -0.000000367. The van der Waals surface area contributed by atoms with Gasteiger partial charge in [0.25, 0.3) is 0 Å². The van der Waals surface area contributed by atoms with E-state index >= 15 is 0 Å². The number of rotatable bonds is 13. The van der Waals surface area contributed by atoms with Crippen molar-refractivity contribution in [3.05, 3.63) is 11.6 Å². The summed E-state index contributed by atoms with van der Waals surface area (Å²) in [4.78, 5) is 10.5. The van der Waals surface area contributed by atoms with Crippen molar-refractivity contribution in [2.24, 2.45) is 17.8 Å². The zero-order chi connectivity index (χ0) is 17.0. The van der Waals surface area contributed by atoms with Crippen LogP contribution in [0.1, 0.15) is 95.3 Å². The predicted octanol–water partition coefficient (Wildman–Crippen LogP) is 6.30. The molecule has 0 amide bonds. The van der Waals surface area contributed by atoms with E-state index in [2.05, 4.69) is 27.7 Å². The summed E-state index contributed by atoms with van der Waals surface area (Å²) in [6, 6.07) is 0. The van der Waals surface area contributed by atoms with E-state index in [1.54, 1.807) is 0 Å². The van der Waals surface area contributed by atoms with Gasteiger partial charge in [-0.15, -0.1) is 0 Å². The average molecular weight is 402 g/mol. The molecule has 0 aliphatic carbocycles. The first-order valence-electron chi connectivity index (χ1n) is 9.21. The fourth-order valence-electron chi connectivity index (χ4n) is 2.99. The van der Waals surface area contributed by atoms with Crippen molar-refractivity contribution in [1.82, 2.24) is 0 Å². The molecule has 0 rings (SSSR count). The van der Waals surface area contributed by atoms with Crippen molar-refractivity contribution >= 4 is 29.0 Å². The molecule has 0 aromatic heterocycles. The van der Waals surface area contributed by atoms with Gasteiger partial charge in [-0.1, -0.05) is 78.2 Å². The summed E-state index contributed by atoms with van der Waals surface area (Å²) in [6.45, 7) is 11.3. The molecular weight excluding hydrogens is 362 g/mol. The van der Waals surface area contributed by atoms with Crippen LogP contribution in [0.3, 0.4) is 0 Å². The van der Waals surface area contributed by atoms with Crippen LogP contribution in [0, 0.1) is 17.8 Å². The van der Waals surface area contributed by atoms with Gasteiger partial charge in [0, 0.05) is 25.6 Å². The minimum Gasteiger partial charge on any atom is -1.00 e. The molecule has 0 fully saturated rings. The molecule has 2 atom stereocenters. The molecule has 1 N–H and O–H groups in total. The van der Waals surface area contributed by atoms with Crippen molar-refractivity contribution in [3.8, 4) is 0 Å². The van der Waals surface area contributed by atoms with Crippen LogP contribution in [-0.2, 0) is 24.3 Å². The Labute approximate surface area is 182 Å². The topological polar surface area (TPSA) is 37.3 Å². The van der Waals surface area contributed by atoms with Gasteiger partial charge in [-0.25, -0.2) is 4.79 Å². The molecule has 24 heavy (non-hydrogen) atoms. The Morgan fingerprint density at radius 1 is 0.917 bits per heavy atom. The van der Waals surface area contributed by atoms with Crippen LogP contribution in [0.4, 0.5) is 0 Å². The van der Waals surface area contributed by atoms with Gasteiger partial charge in [0.15, 0.2) is 0 Å². The molecule has 0 unspecified atom stereocenters. The first-order valence-corrected chi connectivity index (χ1v) is 9.21. The second-order valence-corrected chi connectivity index (χ2v) is 7.69. The van der Waals surface area contributed by atoms with Crippen molar-refractivity contribution in [2.45, 2.75) is 92.4 Å². The van der Waals surface area contributed by atoms with Crippen LogP contribution >= 0.6 is 0 Å². The molecule has 2 nitrogen and oxygen atoms in total. The van der Waals surface area contributed by atoms with Gasteiger partial charge in [0.2, 0.25) is 0 Å². The summed E-state index contributed by atoms with van der Waals surface area (Å²) in [5, 5.41) is 8.68. The number of hydrogen-bond acceptors (Lipinski definition) is 1. The van der Waals surface area contributed by atoms with Crippen molar-refractivity contribution in [3.63, 3.8) is 0 Å². The largest absolute Gasteiger partial charge is 2.00 e. The van der Waals surface area contributed by atoms with E-state index < -0.39 is 5.97 Å². The zero-order valence-corrected chi connectivity index (χ0v) is 21.3. The predicted molar refractivity (Wildman–Crippen MR) is 104 cm³/mol. The van der Waals surface area contributed by atoms with Crippen LogP contribution in [0.25, 0.3) is 0 Å². The normalized spacial score (nSPS) is 13.8. The van der Waals surface area contributed by atoms with Gasteiger partial charge in [0.05, 0.1) is 0 Å². The molecule has 0 radical (unpaired) electrons. The average Bonchev–Trinajstić information content (AvgIpc) is 2.37. The molecule has 0 saturated heterocycles. The number of allylic oxidation sites excluding steroid dienone is 1. The zero-order valence-electron chi connectivity index (χ0n) is 18.9. The van der Waals surface area contributed by atoms with Gasteiger partial charge in [-0.05, 0) is 37.5 Å². The van der Waals surface area contributed by atoms with Crippen molar-refractivity contribution in [2.75, 3.05) is 0 Å². The van der Waals surface area contributed by atoms with E-state index in [1.807, 2.05) is 6.92 Å². The molecule has 0 aliphatic rings.